The summed E-state index contributed by atoms with van der Waals surface area (Å²) in [5.41, 5.74) is -0.901. The molecular formula is C14H18F2N2O3. The fourth-order valence-corrected chi connectivity index (χ4v) is 1.61. The smallest absolute Gasteiger partial charge is 0.338 e. The Morgan fingerprint density at radius 3 is 2.52 bits per heavy atom. The van der Waals surface area contributed by atoms with Crippen molar-refractivity contribution < 1.29 is 23.5 Å². The maximum atomic E-state index is 13.6. The van der Waals surface area contributed by atoms with Gasteiger partial charge in [0.1, 0.15) is 0 Å². The highest BCUT2D eigenvalue weighted by molar-refractivity contribution is 5.88. The molecule has 0 aliphatic carbocycles. The minimum atomic E-state index is -1.54. The minimum Gasteiger partial charge on any atom is -0.478 e. The lowest BCUT2D eigenvalue weighted by atomic mass is 10.1. The van der Waals surface area contributed by atoms with Crippen molar-refractivity contribution >= 4 is 17.6 Å². The Kier molecular flexibility index (Phi) is 6.08. The van der Waals surface area contributed by atoms with Crippen LogP contribution in [-0.2, 0) is 4.79 Å². The highest BCUT2D eigenvalue weighted by Crippen LogP contribution is 2.20. The van der Waals surface area contributed by atoms with E-state index < -0.39 is 23.2 Å². The molecule has 0 aliphatic heterocycles. The van der Waals surface area contributed by atoms with E-state index in [1.165, 1.54) is 0 Å². The van der Waals surface area contributed by atoms with Crippen molar-refractivity contribution in [1.29, 1.82) is 0 Å². The predicted molar refractivity (Wildman–Crippen MR) is 74.3 cm³/mol. The Hall–Kier alpha value is -2.18. The van der Waals surface area contributed by atoms with Gasteiger partial charge in [-0.15, -0.1) is 0 Å². The zero-order valence-corrected chi connectivity index (χ0v) is 11.9. The molecular weight excluding hydrogens is 282 g/mol. The molecule has 0 saturated carbocycles. The lowest BCUT2D eigenvalue weighted by Crippen LogP contribution is -2.33. The maximum absolute atomic E-state index is 13.6. The molecule has 0 aromatic heterocycles. The summed E-state index contributed by atoms with van der Waals surface area (Å²) in [6.45, 7) is 3.92. The van der Waals surface area contributed by atoms with Crippen LogP contribution in [0.3, 0.4) is 0 Å². The van der Waals surface area contributed by atoms with Crippen molar-refractivity contribution in [3.05, 3.63) is 29.3 Å². The third kappa shape index (κ3) is 4.70. The van der Waals surface area contributed by atoms with Gasteiger partial charge >= 0.3 is 5.97 Å². The fourth-order valence-electron chi connectivity index (χ4n) is 1.61. The van der Waals surface area contributed by atoms with Gasteiger partial charge in [-0.3, -0.25) is 4.79 Å². The van der Waals surface area contributed by atoms with Crippen LogP contribution < -0.4 is 10.6 Å². The second-order valence-corrected chi connectivity index (χ2v) is 4.65. The van der Waals surface area contributed by atoms with Crippen LogP contribution in [0.2, 0.25) is 0 Å². The molecule has 0 spiro atoms. The highest BCUT2D eigenvalue weighted by Gasteiger charge is 2.17. The first-order chi connectivity index (χ1) is 9.86. The number of benzene rings is 1. The van der Waals surface area contributed by atoms with Gasteiger partial charge in [0, 0.05) is 19.0 Å². The highest BCUT2D eigenvalue weighted by atomic mass is 19.2. The summed E-state index contributed by atoms with van der Waals surface area (Å²) >= 11 is 0. The molecule has 0 aliphatic rings. The molecule has 0 bridgehead atoms. The van der Waals surface area contributed by atoms with E-state index in [0.717, 1.165) is 18.6 Å². The molecule has 1 rings (SSSR count). The van der Waals surface area contributed by atoms with Crippen LogP contribution in [-0.4, -0.2) is 29.6 Å². The van der Waals surface area contributed by atoms with Crippen LogP contribution >= 0.6 is 0 Å². The number of halogens is 2. The van der Waals surface area contributed by atoms with Crippen LogP contribution in [0.4, 0.5) is 14.5 Å². The SMILES string of the molecule is CCC(C)NC(=O)CCNc1ccc(C(=O)O)c(F)c1F. The summed E-state index contributed by atoms with van der Waals surface area (Å²) in [7, 11) is 0. The average molecular weight is 300 g/mol. The molecule has 0 saturated heterocycles. The number of anilines is 1. The molecule has 0 fully saturated rings. The van der Waals surface area contributed by atoms with E-state index in [-0.39, 0.29) is 30.6 Å². The first kappa shape index (κ1) is 16.9. The van der Waals surface area contributed by atoms with Crippen LogP contribution in [0.1, 0.15) is 37.0 Å². The average Bonchev–Trinajstić information content (AvgIpc) is 2.42. The number of hydrogen-bond donors (Lipinski definition) is 3. The van der Waals surface area contributed by atoms with Crippen LogP contribution in [0.5, 0.6) is 0 Å². The van der Waals surface area contributed by atoms with E-state index in [1.807, 2.05) is 13.8 Å². The van der Waals surface area contributed by atoms with Crippen LogP contribution in [0, 0.1) is 11.6 Å². The summed E-state index contributed by atoms with van der Waals surface area (Å²) in [6.07, 6.45) is 0.905. The Morgan fingerprint density at radius 2 is 1.95 bits per heavy atom. The van der Waals surface area contributed by atoms with Gasteiger partial charge in [-0.1, -0.05) is 6.92 Å². The summed E-state index contributed by atoms with van der Waals surface area (Å²) in [6, 6.07) is 2.16. The molecule has 7 heteroatoms. The molecule has 0 radical (unpaired) electrons. The number of rotatable bonds is 7. The standard InChI is InChI=1S/C14H18F2N2O3/c1-3-8(2)18-11(19)6-7-17-10-5-4-9(14(20)21)12(15)13(10)16/h4-5,8,17H,3,6-7H2,1-2H3,(H,18,19)(H,20,21). The number of amides is 1. The predicted octanol–water partition coefficient (Wildman–Crippen LogP) is 2.38. The Balaban J connectivity index is 2.59. The Labute approximate surface area is 121 Å². The molecule has 116 valence electrons. The Morgan fingerprint density at radius 1 is 1.29 bits per heavy atom. The van der Waals surface area contributed by atoms with Crippen LogP contribution in [0.15, 0.2) is 12.1 Å². The molecule has 5 nitrogen and oxygen atoms in total. The molecule has 1 unspecified atom stereocenters. The third-order valence-electron chi connectivity index (χ3n) is 3.00. The first-order valence-electron chi connectivity index (χ1n) is 6.61. The van der Waals surface area contributed by atoms with E-state index in [2.05, 4.69) is 10.6 Å². The Bertz CT molecular complexity index is 535. The van der Waals surface area contributed by atoms with Gasteiger partial charge in [0.25, 0.3) is 0 Å². The molecule has 3 N–H and O–H groups in total. The molecule has 0 heterocycles. The quantitative estimate of drug-likeness (QED) is 0.722. The van der Waals surface area contributed by atoms with Gasteiger partial charge in [0.2, 0.25) is 5.91 Å². The molecule has 21 heavy (non-hydrogen) atoms. The topological polar surface area (TPSA) is 78.4 Å². The molecule has 1 aromatic carbocycles. The number of carboxylic acids is 1. The van der Waals surface area contributed by atoms with E-state index >= 15 is 0 Å². The normalized spacial score (nSPS) is 11.8. The third-order valence-corrected chi connectivity index (χ3v) is 3.00. The minimum absolute atomic E-state index is 0.0570. The lowest BCUT2D eigenvalue weighted by molar-refractivity contribution is -0.121. The molecule has 1 aromatic rings. The van der Waals surface area contributed by atoms with E-state index in [4.69, 9.17) is 5.11 Å². The fraction of sp³-hybridized carbons (Fsp3) is 0.429. The van der Waals surface area contributed by atoms with Gasteiger partial charge in [0.15, 0.2) is 11.6 Å². The van der Waals surface area contributed by atoms with Crippen molar-refractivity contribution in [2.24, 2.45) is 0 Å². The summed E-state index contributed by atoms with van der Waals surface area (Å²) < 4.78 is 27.1. The van der Waals surface area contributed by atoms with Crippen molar-refractivity contribution in [2.45, 2.75) is 32.7 Å². The lowest BCUT2D eigenvalue weighted by Gasteiger charge is -2.12. The maximum Gasteiger partial charge on any atom is 0.338 e. The number of nitrogens with one attached hydrogen (secondary N) is 2. The zero-order chi connectivity index (χ0) is 16.0. The van der Waals surface area contributed by atoms with Gasteiger partial charge in [-0.2, -0.15) is 0 Å². The summed E-state index contributed by atoms with van der Waals surface area (Å²) in [5, 5.41) is 14.0. The summed E-state index contributed by atoms with van der Waals surface area (Å²) in [4.78, 5) is 22.1. The first-order valence-corrected chi connectivity index (χ1v) is 6.61. The molecule has 1 amide bonds. The van der Waals surface area contributed by atoms with Gasteiger partial charge in [-0.25, -0.2) is 13.6 Å². The van der Waals surface area contributed by atoms with Crippen molar-refractivity contribution in [3.8, 4) is 0 Å². The van der Waals surface area contributed by atoms with E-state index in [9.17, 15) is 18.4 Å². The van der Waals surface area contributed by atoms with Gasteiger partial charge < -0.3 is 15.7 Å². The van der Waals surface area contributed by atoms with E-state index in [0.29, 0.717) is 0 Å². The van der Waals surface area contributed by atoms with Crippen molar-refractivity contribution in [1.82, 2.24) is 5.32 Å². The summed E-state index contributed by atoms with van der Waals surface area (Å²) in [5.74, 6) is -4.42. The zero-order valence-electron chi connectivity index (χ0n) is 11.9. The van der Waals surface area contributed by atoms with Gasteiger partial charge in [-0.05, 0) is 25.5 Å². The number of hydrogen-bond acceptors (Lipinski definition) is 3. The number of carboxylic acid groups (broad SMARTS) is 1. The number of carbonyl (C=O) groups is 2. The monoisotopic (exact) mass is 300 g/mol. The van der Waals surface area contributed by atoms with Crippen molar-refractivity contribution in [3.63, 3.8) is 0 Å². The number of aromatic carboxylic acids is 1. The molecule has 1 atom stereocenters. The second-order valence-electron chi connectivity index (χ2n) is 4.65. The van der Waals surface area contributed by atoms with Crippen molar-refractivity contribution in [2.75, 3.05) is 11.9 Å². The largest absolute Gasteiger partial charge is 0.478 e. The number of carbonyl (C=O) groups excluding carboxylic acids is 1. The van der Waals surface area contributed by atoms with E-state index in [1.54, 1.807) is 0 Å². The van der Waals surface area contributed by atoms with Gasteiger partial charge in [0.05, 0.1) is 11.3 Å². The van der Waals surface area contributed by atoms with Crippen LogP contribution in [0.25, 0.3) is 0 Å². The second kappa shape index (κ2) is 7.56.